The van der Waals surface area contributed by atoms with Crippen LogP contribution in [0.2, 0.25) is 0 Å². The topological polar surface area (TPSA) is 41.6 Å². The van der Waals surface area contributed by atoms with Gasteiger partial charge in [0.25, 0.3) is 0 Å². The summed E-state index contributed by atoms with van der Waals surface area (Å²) in [6, 6.07) is 8.08. The zero-order valence-corrected chi connectivity index (χ0v) is 6.86. The molecule has 1 aromatic rings. The molecule has 3 rings (SSSR count). The molecule has 0 atom stereocenters. The number of nitrogens with zero attached hydrogens (tertiary/aromatic N) is 2. The van der Waals surface area contributed by atoms with Gasteiger partial charge in [0.1, 0.15) is 17.7 Å². The third-order valence-electron chi connectivity index (χ3n) is 2.17. The summed E-state index contributed by atoms with van der Waals surface area (Å²) in [4.78, 5) is 11.5. The van der Waals surface area contributed by atoms with Crippen LogP contribution in [0.15, 0.2) is 36.8 Å². The van der Waals surface area contributed by atoms with Crippen LogP contribution in [0, 0.1) is 0 Å². The fourth-order valence-electron chi connectivity index (χ4n) is 1.55. The number of para-hydroxylation sites is 1. The quantitative estimate of drug-likeness (QED) is 0.559. The molecule has 0 radical (unpaired) electrons. The average Bonchev–Trinajstić information content (AvgIpc) is 2.65. The predicted molar refractivity (Wildman–Crippen MR) is 50.5 cm³/mol. The number of pyridine rings is 1. The lowest BCUT2D eigenvalue weighted by Crippen LogP contribution is -1.85. The van der Waals surface area contributed by atoms with Crippen LogP contribution in [-0.2, 0) is 0 Å². The van der Waals surface area contributed by atoms with Gasteiger partial charge >= 0.3 is 0 Å². The second-order valence-electron chi connectivity index (χ2n) is 2.94. The average molecular weight is 169 g/mol. The van der Waals surface area contributed by atoms with E-state index in [0.29, 0.717) is 0 Å². The smallest absolute Gasteiger partial charge is 0.117 e. The summed E-state index contributed by atoms with van der Waals surface area (Å²) in [5.41, 5.74) is 2.98. The zero-order valence-electron chi connectivity index (χ0n) is 6.86. The molecule has 3 nitrogen and oxygen atoms in total. The third kappa shape index (κ3) is 0.839. The maximum absolute atomic E-state index is 4.22. The van der Waals surface area contributed by atoms with Crippen molar-refractivity contribution in [2.45, 2.75) is 0 Å². The van der Waals surface area contributed by atoms with E-state index in [1.165, 1.54) is 0 Å². The van der Waals surface area contributed by atoms with Gasteiger partial charge in [-0.05, 0) is 6.07 Å². The Morgan fingerprint density at radius 2 is 2.00 bits per heavy atom. The van der Waals surface area contributed by atoms with Crippen molar-refractivity contribution < 1.29 is 0 Å². The molecule has 13 heavy (non-hydrogen) atoms. The monoisotopic (exact) mass is 169 g/mol. The normalized spacial score (nSPS) is 11.1. The number of hydrogen-bond donors (Lipinski definition) is 1. The molecule has 0 unspecified atom stereocenters. The lowest BCUT2D eigenvalue weighted by Gasteiger charge is -2.01. The van der Waals surface area contributed by atoms with Crippen LogP contribution < -0.4 is 0 Å². The Labute approximate surface area is 74.8 Å². The minimum atomic E-state index is 0.915. The number of hydrogen-bond acceptors (Lipinski definition) is 2. The van der Waals surface area contributed by atoms with E-state index in [1.807, 2.05) is 30.5 Å². The number of benzene rings is 1. The van der Waals surface area contributed by atoms with Crippen LogP contribution in [-0.4, -0.2) is 15.0 Å². The van der Waals surface area contributed by atoms with Gasteiger partial charge in [0.2, 0.25) is 0 Å². The second-order valence-corrected chi connectivity index (χ2v) is 2.94. The molecule has 3 heteroatoms. The number of H-pyrrole nitrogens is 1. The molecule has 1 aromatic carbocycles. The van der Waals surface area contributed by atoms with E-state index in [1.54, 1.807) is 6.33 Å². The maximum atomic E-state index is 4.22. The summed E-state index contributed by atoms with van der Waals surface area (Å²) in [6.07, 6.45) is 3.47. The van der Waals surface area contributed by atoms with E-state index < -0.39 is 0 Å². The van der Waals surface area contributed by atoms with Gasteiger partial charge in [0, 0.05) is 17.1 Å². The van der Waals surface area contributed by atoms with Gasteiger partial charge < -0.3 is 4.98 Å². The van der Waals surface area contributed by atoms with Crippen molar-refractivity contribution >= 4 is 10.9 Å². The Balaban J connectivity index is 2.57. The highest BCUT2D eigenvalue weighted by Crippen LogP contribution is 2.24. The van der Waals surface area contributed by atoms with E-state index in [4.69, 9.17) is 0 Å². The number of nitrogens with one attached hydrogen (secondary N) is 1. The van der Waals surface area contributed by atoms with Crippen LogP contribution in [0.5, 0.6) is 0 Å². The van der Waals surface area contributed by atoms with Crippen molar-refractivity contribution in [3.05, 3.63) is 36.8 Å². The number of rotatable bonds is 0. The molecule has 2 heterocycles. The van der Waals surface area contributed by atoms with Gasteiger partial charge in [-0.15, -0.1) is 0 Å². The fraction of sp³-hybridized carbons (Fsp3) is 0. The van der Waals surface area contributed by atoms with Crippen LogP contribution in [0.3, 0.4) is 0 Å². The highest BCUT2D eigenvalue weighted by atomic mass is 14.9. The molecule has 0 aromatic heterocycles. The number of fused-ring (bicyclic) bond motifs is 3. The van der Waals surface area contributed by atoms with E-state index >= 15 is 0 Å². The van der Waals surface area contributed by atoms with Gasteiger partial charge in [-0.2, -0.15) is 0 Å². The highest BCUT2D eigenvalue weighted by Gasteiger charge is 2.08. The summed E-state index contributed by atoms with van der Waals surface area (Å²) in [5, 5.41) is 1.12. The van der Waals surface area contributed by atoms with Crippen molar-refractivity contribution in [2.24, 2.45) is 0 Å². The lowest BCUT2D eigenvalue weighted by molar-refractivity contribution is 1.32. The Hall–Kier alpha value is -1.90. The zero-order chi connectivity index (χ0) is 8.67. The number of imidazole rings is 1. The van der Waals surface area contributed by atoms with Crippen LogP contribution in [0.25, 0.3) is 22.3 Å². The second kappa shape index (κ2) is 2.29. The molecular weight excluding hydrogens is 162 g/mol. The Bertz CT molecular complexity index is 527. The highest BCUT2D eigenvalue weighted by molar-refractivity contribution is 5.92. The summed E-state index contributed by atoms with van der Waals surface area (Å²) < 4.78 is 0. The molecule has 0 bridgehead atoms. The first kappa shape index (κ1) is 6.60. The minimum Gasteiger partial charge on any atom is -0.359 e. The summed E-state index contributed by atoms with van der Waals surface area (Å²) in [7, 11) is 0. The van der Waals surface area contributed by atoms with Crippen LogP contribution in [0.1, 0.15) is 0 Å². The molecule has 0 saturated carbocycles. The summed E-state index contributed by atoms with van der Waals surface area (Å²) in [5.74, 6) is 0. The fourth-order valence-corrected chi connectivity index (χ4v) is 1.55. The minimum absolute atomic E-state index is 0.915. The Kier molecular flexibility index (Phi) is 1.16. The van der Waals surface area contributed by atoms with Crippen LogP contribution >= 0.6 is 0 Å². The molecule has 2 aliphatic rings. The molecule has 0 saturated heterocycles. The SMILES string of the molecule is c1ccc2c3ncnc-3c[nH]c2c1. The Morgan fingerprint density at radius 1 is 1.08 bits per heavy atom. The summed E-state index contributed by atoms with van der Waals surface area (Å²) in [6.45, 7) is 0. The van der Waals surface area contributed by atoms with E-state index in [9.17, 15) is 0 Å². The molecule has 2 aliphatic heterocycles. The van der Waals surface area contributed by atoms with Gasteiger partial charge in [-0.1, -0.05) is 18.2 Å². The molecule has 1 N–H and O–H groups in total. The first-order chi connectivity index (χ1) is 6.45. The molecule has 0 fully saturated rings. The molecule has 62 valence electrons. The third-order valence-corrected chi connectivity index (χ3v) is 2.17. The number of aromatic amines is 1. The van der Waals surface area contributed by atoms with Crippen molar-refractivity contribution in [2.75, 3.05) is 0 Å². The van der Waals surface area contributed by atoms with Crippen molar-refractivity contribution in [1.82, 2.24) is 15.0 Å². The van der Waals surface area contributed by atoms with Crippen LogP contribution in [0.4, 0.5) is 0 Å². The summed E-state index contributed by atoms with van der Waals surface area (Å²) >= 11 is 0. The van der Waals surface area contributed by atoms with Gasteiger partial charge in [0.15, 0.2) is 0 Å². The lowest BCUT2D eigenvalue weighted by atomic mass is 10.1. The maximum Gasteiger partial charge on any atom is 0.117 e. The molecule has 0 spiro atoms. The van der Waals surface area contributed by atoms with E-state index in [-0.39, 0.29) is 0 Å². The molecular formula is C10H7N3. The first-order valence-corrected chi connectivity index (χ1v) is 4.12. The number of aromatic nitrogens is 3. The van der Waals surface area contributed by atoms with Crippen molar-refractivity contribution in [3.8, 4) is 11.4 Å². The van der Waals surface area contributed by atoms with Gasteiger partial charge in [-0.25, -0.2) is 9.97 Å². The standard InChI is InChI=1S/C10H7N3/c1-2-4-8-7(3-1)10-9(5-11-8)12-6-13-10/h1-6,11H. The largest absolute Gasteiger partial charge is 0.359 e. The predicted octanol–water partition coefficient (Wildman–Crippen LogP) is 2.06. The van der Waals surface area contributed by atoms with Crippen molar-refractivity contribution in [3.63, 3.8) is 0 Å². The van der Waals surface area contributed by atoms with Crippen molar-refractivity contribution in [1.29, 1.82) is 0 Å². The molecule has 0 amide bonds. The first-order valence-electron chi connectivity index (χ1n) is 4.12. The van der Waals surface area contributed by atoms with Gasteiger partial charge in [0.05, 0.1) is 0 Å². The van der Waals surface area contributed by atoms with Gasteiger partial charge in [-0.3, -0.25) is 0 Å². The van der Waals surface area contributed by atoms with E-state index in [0.717, 1.165) is 22.3 Å². The van der Waals surface area contributed by atoms with E-state index in [2.05, 4.69) is 15.0 Å². The molecule has 0 aliphatic carbocycles. The Morgan fingerprint density at radius 3 is 3.00 bits per heavy atom.